The maximum Gasteiger partial charge on any atom is 0.222 e. The molecule has 4 atom stereocenters. The lowest BCUT2D eigenvalue weighted by atomic mass is 9.46. The molecule has 4 unspecified atom stereocenters. The Hall–Kier alpha value is -0.570. The number of guanidine groups is 1. The molecule has 1 amide bonds. The van der Waals surface area contributed by atoms with Crippen LogP contribution in [0.25, 0.3) is 0 Å². The smallest absolute Gasteiger partial charge is 0.222 e. The lowest BCUT2D eigenvalue weighted by molar-refractivity contribution is -0.171. The van der Waals surface area contributed by atoms with Gasteiger partial charge in [-0.25, -0.2) is 0 Å². The minimum Gasteiger partial charge on any atom is -0.377 e. The third kappa shape index (κ3) is 3.15. The first-order valence-electron chi connectivity index (χ1n) is 9.57. The van der Waals surface area contributed by atoms with Gasteiger partial charge in [0.1, 0.15) is 0 Å². The minimum atomic E-state index is 0. The van der Waals surface area contributed by atoms with Gasteiger partial charge in [-0.1, -0.05) is 13.3 Å². The first kappa shape index (κ1) is 19.2. The fourth-order valence-corrected chi connectivity index (χ4v) is 5.30. The van der Waals surface area contributed by atoms with Crippen molar-refractivity contribution >= 4 is 35.8 Å². The molecule has 4 aliphatic rings. The van der Waals surface area contributed by atoms with Gasteiger partial charge in [0.25, 0.3) is 0 Å². The van der Waals surface area contributed by atoms with Crippen LogP contribution < -0.4 is 10.6 Å². The molecule has 6 nitrogen and oxygen atoms in total. The van der Waals surface area contributed by atoms with Gasteiger partial charge >= 0.3 is 0 Å². The van der Waals surface area contributed by atoms with E-state index in [9.17, 15) is 4.79 Å². The van der Waals surface area contributed by atoms with Crippen molar-refractivity contribution in [3.63, 3.8) is 0 Å². The van der Waals surface area contributed by atoms with Crippen LogP contribution in [0.3, 0.4) is 0 Å². The van der Waals surface area contributed by atoms with Gasteiger partial charge in [-0.05, 0) is 25.7 Å². The SMILES string of the molecule is CCC(=O)N1CCC(NC(=NC)NC2C3CCOC3C23CCC3)C1.I. The van der Waals surface area contributed by atoms with Gasteiger partial charge < -0.3 is 20.3 Å². The van der Waals surface area contributed by atoms with Crippen LogP contribution in [-0.4, -0.2) is 61.7 Å². The molecule has 25 heavy (non-hydrogen) atoms. The number of nitrogens with zero attached hydrogens (tertiary/aromatic N) is 2. The summed E-state index contributed by atoms with van der Waals surface area (Å²) in [6, 6.07) is 0.805. The van der Waals surface area contributed by atoms with E-state index in [1.54, 1.807) is 0 Å². The van der Waals surface area contributed by atoms with Crippen LogP contribution in [0.2, 0.25) is 0 Å². The number of aliphatic imine (C=N–C) groups is 1. The molecular weight excluding hydrogens is 431 g/mol. The van der Waals surface area contributed by atoms with Gasteiger partial charge in [0.05, 0.1) is 6.10 Å². The second kappa shape index (κ2) is 7.58. The maximum atomic E-state index is 11.8. The molecule has 1 spiro atoms. The minimum absolute atomic E-state index is 0. The topological polar surface area (TPSA) is 66.0 Å². The first-order chi connectivity index (χ1) is 11.7. The number of halogens is 1. The second-order valence-corrected chi connectivity index (χ2v) is 7.85. The Bertz CT molecular complexity index is 537. The third-order valence-electron chi connectivity index (χ3n) is 6.74. The summed E-state index contributed by atoms with van der Waals surface area (Å²) in [5, 5.41) is 7.25. The summed E-state index contributed by atoms with van der Waals surface area (Å²) >= 11 is 0. The molecule has 4 rings (SSSR count). The number of likely N-dealkylation sites (tertiary alicyclic amines) is 1. The predicted octanol–water partition coefficient (Wildman–Crippen LogP) is 1.74. The Morgan fingerprint density at radius 2 is 2.12 bits per heavy atom. The highest BCUT2D eigenvalue weighted by molar-refractivity contribution is 14.0. The number of rotatable bonds is 3. The molecule has 142 valence electrons. The van der Waals surface area contributed by atoms with Crippen LogP contribution >= 0.6 is 24.0 Å². The third-order valence-corrected chi connectivity index (χ3v) is 6.74. The van der Waals surface area contributed by atoms with E-state index < -0.39 is 0 Å². The largest absolute Gasteiger partial charge is 0.377 e. The van der Waals surface area contributed by atoms with E-state index >= 15 is 0 Å². The van der Waals surface area contributed by atoms with Crippen molar-refractivity contribution < 1.29 is 9.53 Å². The van der Waals surface area contributed by atoms with E-state index in [1.165, 1.54) is 25.7 Å². The molecular formula is C18H31IN4O2. The van der Waals surface area contributed by atoms with Crippen LogP contribution in [-0.2, 0) is 9.53 Å². The van der Waals surface area contributed by atoms with Crippen molar-refractivity contribution in [3.8, 4) is 0 Å². The zero-order valence-corrected chi connectivity index (χ0v) is 17.6. The van der Waals surface area contributed by atoms with Crippen molar-refractivity contribution in [2.75, 3.05) is 26.7 Å². The van der Waals surface area contributed by atoms with Crippen molar-refractivity contribution in [3.05, 3.63) is 0 Å². The van der Waals surface area contributed by atoms with E-state index in [-0.39, 0.29) is 29.9 Å². The van der Waals surface area contributed by atoms with Crippen LogP contribution in [0.15, 0.2) is 4.99 Å². The Balaban J connectivity index is 0.00000182. The van der Waals surface area contributed by atoms with Gasteiger partial charge in [-0.2, -0.15) is 0 Å². The number of ether oxygens (including phenoxy) is 1. The standard InChI is InChI=1S/C18H30N4O2.HI/c1-3-14(23)22-9-5-12(11-22)20-17(19-2)21-15-13-6-10-24-16(13)18(15)7-4-8-18;/h12-13,15-16H,3-11H2,1-2H3,(H2,19,20,21);1H. The van der Waals surface area contributed by atoms with E-state index in [0.29, 0.717) is 35.9 Å². The molecule has 2 heterocycles. The monoisotopic (exact) mass is 462 g/mol. The summed E-state index contributed by atoms with van der Waals surface area (Å²) in [5.74, 6) is 1.79. The van der Waals surface area contributed by atoms with Crippen LogP contribution in [0.4, 0.5) is 0 Å². The van der Waals surface area contributed by atoms with Crippen LogP contribution in [0, 0.1) is 11.3 Å². The Kier molecular flexibility index (Phi) is 5.82. The second-order valence-electron chi connectivity index (χ2n) is 7.85. The highest BCUT2D eigenvalue weighted by atomic mass is 127. The van der Waals surface area contributed by atoms with Crippen molar-refractivity contribution in [2.45, 2.75) is 63.6 Å². The molecule has 0 bridgehead atoms. The summed E-state index contributed by atoms with van der Waals surface area (Å²) in [5.41, 5.74) is 0.360. The summed E-state index contributed by atoms with van der Waals surface area (Å²) in [6.07, 6.45) is 7.13. The molecule has 2 saturated heterocycles. The van der Waals surface area contributed by atoms with Crippen molar-refractivity contribution in [2.24, 2.45) is 16.3 Å². The molecule has 0 aromatic heterocycles. The number of hydrogen-bond acceptors (Lipinski definition) is 3. The Labute approximate surface area is 167 Å². The quantitative estimate of drug-likeness (QED) is 0.381. The Morgan fingerprint density at radius 1 is 1.32 bits per heavy atom. The summed E-state index contributed by atoms with van der Waals surface area (Å²) in [6.45, 7) is 4.49. The lowest BCUT2D eigenvalue weighted by Crippen LogP contribution is -2.72. The Morgan fingerprint density at radius 3 is 2.76 bits per heavy atom. The lowest BCUT2D eigenvalue weighted by Gasteiger charge is -2.63. The summed E-state index contributed by atoms with van der Waals surface area (Å²) in [7, 11) is 1.84. The highest BCUT2D eigenvalue weighted by Crippen LogP contribution is 2.62. The van der Waals surface area contributed by atoms with Gasteiger partial charge in [0, 0.05) is 56.6 Å². The molecule has 0 radical (unpaired) electrons. The molecule has 2 aliphatic carbocycles. The molecule has 2 saturated carbocycles. The maximum absolute atomic E-state index is 11.8. The number of hydrogen-bond donors (Lipinski definition) is 2. The normalized spacial score (nSPS) is 35.4. The van der Waals surface area contributed by atoms with Gasteiger partial charge in [-0.15, -0.1) is 24.0 Å². The number of amides is 1. The predicted molar refractivity (Wildman–Crippen MR) is 108 cm³/mol. The number of nitrogens with one attached hydrogen (secondary N) is 2. The van der Waals surface area contributed by atoms with E-state index in [0.717, 1.165) is 32.1 Å². The molecule has 4 fully saturated rings. The van der Waals surface area contributed by atoms with Crippen LogP contribution in [0.1, 0.15) is 45.4 Å². The summed E-state index contributed by atoms with van der Waals surface area (Å²) < 4.78 is 6.00. The van der Waals surface area contributed by atoms with Gasteiger partial charge in [0.15, 0.2) is 5.96 Å². The number of carbonyl (C=O) groups excluding carboxylic acids is 1. The average molecular weight is 462 g/mol. The molecule has 2 aliphatic heterocycles. The molecule has 7 heteroatoms. The van der Waals surface area contributed by atoms with E-state index in [2.05, 4.69) is 15.6 Å². The zero-order valence-electron chi connectivity index (χ0n) is 15.3. The fourth-order valence-electron chi connectivity index (χ4n) is 5.30. The molecule has 2 N–H and O–H groups in total. The van der Waals surface area contributed by atoms with Gasteiger partial charge in [-0.3, -0.25) is 9.79 Å². The van der Waals surface area contributed by atoms with Crippen molar-refractivity contribution in [1.29, 1.82) is 0 Å². The highest BCUT2D eigenvalue weighted by Gasteiger charge is 2.66. The van der Waals surface area contributed by atoms with Gasteiger partial charge in [0.2, 0.25) is 5.91 Å². The first-order valence-corrected chi connectivity index (χ1v) is 9.57. The average Bonchev–Trinajstić information content (AvgIpc) is 3.17. The molecule has 0 aromatic carbocycles. The van der Waals surface area contributed by atoms with Crippen LogP contribution in [0.5, 0.6) is 0 Å². The number of carbonyl (C=O) groups is 1. The van der Waals surface area contributed by atoms with Crippen molar-refractivity contribution in [1.82, 2.24) is 15.5 Å². The van der Waals surface area contributed by atoms with E-state index in [1.807, 2.05) is 18.9 Å². The fraction of sp³-hybridized carbons (Fsp3) is 0.889. The van der Waals surface area contributed by atoms with E-state index in [4.69, 9.17) is 4.74 Å². The summed E-state index contributed by atoms with van der Waals surface area (Å²) in [4.78, 5) is 18.3. The zero-order chi connectivity index (χ0) is 16.7. The number of fused-ring (bicyclic) bond motifs is 2. The molecule has 0 aromatic rings.